The molecule has 2 aliphatic heterocycles. The Labute approximate surface area is 433 Å². The number of nitrogens with zero attached hydrogens (tertiary/aromatic N) is 4. The molecular formula is C68H60N4Si. The van der Waals surface area contributed by atoms with Crippen molar-refractivity contribution >= 4 is 54.2 Å². The molecule has 0 atom stereocenters. The summed E-state index contributed by atoms with van der Waals surface area (Å²) in [7, 11) is -3.91. The van der Waals surface area contributed by atoms with Crippen LogP contribution in [0.1, 0.15) is 44.5 Å². The molecule has 2 heterocycles. The Bertz CT molecular complexity index is 3160. The summed E-state index contributed by atoms with van der Waals surface area (Å²) < 4.78 is 11.3. The van der Waals surface area contributed by atoms with Gasteiger partial charge in [0.15, 0.2) is 0 Å². The van der Waals surface area contributed by atoms with E-state index in [2.05, 4.69) is 292 Å². The third kappa shape index (κ3) is 7.83. The summed E-state index contributed by atoms with van der Waals surface area (Å²) in [4.78, 5) is 0. The fourth-order valence-electron chi connectivity index (χ4n) is 12.1. The number of rotatable bonds is 8. The number of benzene rings is 10. The molecule has 0 aromatic heterocycles. The second-order valence-electron chi connectivity index (χ2n) is 20.6. The molecule has 0 unspecified atom stereocenters. The minimum absolute atomic E-state index is 1.16. The van der Waals surface area contributed by atoms with Crippen molar-refractivity contribution in [3.05, 3.63) is 263 Å². The van der Waals surface area contributed by atoms with Crippen LogP contribution < -0.4 is 18.3 Å². The van der Waals surface area contributed by atoms with E-state index in [0.717, 1.165) is 45.5 Å². The maximum atomic E-state index is 2.82. The summed E-state index contributed by atoms with van der Waals surface area (Å²) in [5, 5.41) is 0. The van der Waals surface area contributed by atoms with Crippen molar-refractivity contribution in [2.75, 3.05) is 18.3 Å². The van der Waals surface area contributed by atoms with Gasteiger partial charge in [-0.05, 0) is 217 Å². The third-order valence-corrected chi connectivity index (χ3v) is 19.0. The molecule has 2 aliphatic rings. The molecule has 4 nitrogen and oxygen atoms in total. The zero-order valence-corrected chi connectivity index (χ0v) is 44.1. The Kier molecular flexibility index (Phi) is 11.3. The maximum Gasteiger partial charge on any atom is 0.521 e. The second kappa shape index (κ2) is 18.0. The van der Waals surface area contributed by atoms with Crippen LogP contribution in [-0.2, 0) is 0 Å². The van der Waals surface area contributed by atoms with Crippen LogP contribution in [0.15, 0.2) is 218 Å². The van der Waals surface area contributed by atoms with Gasteiger partial charge in [0.2, 0.25) is 0 Å². The third-order valence-electron chi connectivity index (χ3n) is 14.6. The Morgan fingerprint density at radius 3 is 0.575 bits per heavy atom. The monoisotopic (exact) mass is 960 g/mol. The van der Waals surface area contributed by atoms with E-state index in [-0.39, 0.29) is 0 Å². The molecule has 0 amide bonds. The van der Waals surface area contributed by atoms with Gasteiger partial charge in [0.05, 0.1) is 22.7 Å². The zero-order chi connectivity index (χ0) is 50.1. The normalized spacial score (nSPS) is 13.5. The van der Waals surface area contributed by atoms with Crippen LogP contribution in [0.3, 0.4) is 0 Å². The molecule has 0 saturated carbocycles. The summed E-state index contributed by atoms with van der Waals surface area (Å²) in [6.07, 6.45) is 0. The maximum absolute atomic E-state index is 3.91. The highest BCUT2D eigenvalue weighted by molar-refractivity contribution is 6.99. The first-order valence-corrected chi connectivity index (χ1v) is 27.4. The molecule has 12 rings (SSSR count). The van der Waals surface area contributed by atoms with Crippen molar-refractivity contribution in [3.8, 4) is 44.5 Å². The van der Waals surface area contributed by atoms with Gasteiger partial charge in [0.1, 0.15) is 0 Å². The lowest BCUT2D eigenvalue weighted by molar-refractivity contribution is 1.16. The van der Waals surface area contributed by atoms with Crippen LogP contribution in [0, 0.1) is 55.4 Å². The number of anilines is 8. The van der Waals surface area contributed by atoms with Crippen LogP contribution in [0.25, 0.3) is 44.5 Å². The van der Waals surface area contributed by atoms with E-state index in [1.165, 1.54) is 89.0 Å². The molecule has 0 fully saturated rings. The van der Waals surface area contributed by atoms with E-state index < -0.39 is 8.72 Å². The van der Waals surface area contributed by atoms with Crippen LogP contribution in [0.4, 0.5) is 45.5 Å². The van der Waals surface area contributed by atoms with Gasteiger partial charge >= 0.3 is 8.72 Å². The predicted octanol–water partition coefficient (Wildman–Crippen LogP) is 18.5. The molecule has 0 aliphatic carbocycles. The standard InChI is InChI=1S/C68H60N4Si/c1-45-29-46(2)34-57(33-45)69-65-41-61(53-21-13-9-14-22-53)62(54-23-15-10-16-24-54)42-66(65)70(58-35-47(3)30-48(4)36-58)73(69)71(59-37-49(5)31-50(6)38-59)67-43-63(55-25-17-11-18-26-55)64(56-27-19-12-20-28-56)44-68(67)72(73)60-39-51(7)32-52(8)40-60/h9-44H,1-8H3. The van der Waals surface area contributed by atoms with Crippen molar-refractivity contribution in [1.29, 1.82) is 0 Å². The van der Waals surface area contributed by atoms with Crippen molar-refractivity contribution in [2.45, 2.75) is 55.4 Å². The Morgan fingerprint density at radius 1 is 0.219 bits per heavy atom. The minimum atomic E-state index is -3.91. The highest BCUT2D eigenvalue weighted by Crippen LogP contribution is 2.64. The summed E-state index contributed by atoms with van der Waals surface area (Å²) in [6.45, 7) is 18.0. The molecule has 356 valence electrons. The van der Waals surface area contributed by atoms with Crippen molar-refractivity contribution in [2.24, 2.45) is 0 Å². The van der Waals surface area contributed by atoms with Crippen molar-refractivity contribution in [3.63, 3.8) is 0 Å². The number of hydrogen-bond acceptors (Lipinski definition) is 4. The number of aryl methyl sites for hydroxylation is 8. The van der Waals surface area contributed by atoms with E-state index in [1.807, 2.05) is 0 Å². The quantitative estimate of drug-likeness (QED) is 0.141. The molecular weight excluding hydrogens is 901 g/mol. The first kappa shape index (κ1) is 45.7. The highest BCUT2D eigenvalue weighted by Gasteiger charge is 2.70. The van der Waals surface area contributed by atoms with Gasteiger partial charge in [-0.1, -0.05) is 146 Å². The van der Waals surface area contributed by atoms with E-state index in [1.54, 1.807) is 0 Å². The van der Waals surface area contributed by atoms with Gasteiger partial charge in [-0.15, -0.1) is 0 Å². The van der Waals surface area contributed by atoms with Gasteiger partial charge in [-0.25, -0.2) is 0 Å². The van der Waals surface area contributed by atoms with Gasteiger partial charge in [-0.3, -0.25) is 0 Å². The van der Waals surface area contributed by atoms with E-state index >= 15 is 0 Å². The number of fused-ring (bicyclic) bond motifs is 2. The van der Waals surface area contributed by atoms with Gasteiger partial charge in [-0.2, -0.15) is 0 Å². The first-order chi connectivity index (χ1) is 35.4. The summed E-state index contributed by atoms with van der Waals surface area (Å²) >= 11 is 0. The largest absolute Gasteiger partial charge is 0.521 e. The van der Waals surface area contributed by atoms with Crippen LogP contribution in [0.5, 0.6) is 0 Å². The summed E-state index contributed by atoms with van der Waals surface area (Å²) in [6, 6.07) is 82.8. The van der Waals surface area contributed by atoms with Gasteiger partial charge in [0.25, 0.3) is 0 Å². The Balaban J connectivity index is 1.33. The number of hydrogen-bond donors (Lipinski definition) is 0. The van der Waals surface area contributed by atoms with E-state index in [9.17, 15) is 0 Å². The summed E-state index contributed by atoms with van der Waals surface area (Å²) in [5.41, 5.74) is 28.5. The average molecular weight is 961 g/mol. The van der Waals surface area contributed by atoms with Gasteiger partial charge in [0, 0.05) is 22.7 Å². The zero-order valence-electron chi connectivity index (χ0n) is 43.1. The van der Waals surface area contributed by atoms with E-state index in [4.69, 9.17) is 0 Å². The summed E-state index contributed by atoms with van der Waals surface area (Å²) in [5.74, 6) is 0. The second-order valence-corrected chi connectivity index (χ2v) is 23.6. The fraction of sp³-hybridized carbons (Fsp3) is 0.118. The predicted molar refractivity (Wildman–Crippen MR) is 313 cm³/mol. The fourth-order valence-corrected chi connectivity index (χ4v) is 17.2. The topological polar surface area (TPSA) is 13.0 Å². The molecule has 0 radical (unpaired) electrons. The Morgan fingerprint density at radius 2 is 0.397 bits per heavy atom. The van der Waals surface area contributed by atoms with Crippen LogP contribution >= 0.6 is 0 Å². The highest BCUT2D eigenvalue weighted by atomic mass is 28.4. The van der Waals surface area contributed by atoms with Crippen molar-refractivity contribution < 1.29 is 0 Å². The van der Waals surface area contributed by atoms with Crippen LogP contribution in [-0.4, -0.2) is 8.72 Å². The minimum Gasteiger partial charge on any atom is -0.314 e. The molecule has 1 spiro atoms. The molecule has 73 heavy (non-hydrogen) atoms. The van der Waals surface area contributed by atoms with Gasteiger partial charge < -0.3 is 18.3 Å². The Hall–Kier alpha value is -8.38. The molecule has 0 bridgehead atoms. The SMILES string of the molecule is Cc1cc(C)cc(N2c3cc(-c4ccccc4)c(-c4ccccc4)cc3N(c3cc(C)cc(C)c3)[Si]23N(c2cc(C)cc(C)c2)c2cc(-c4ccccc4)c(-c4ccccc4)cc2N3c2cc(C)cc(C)c2)c1. The van der Waals surface area contributed by atoms with Crippen LogP contribution in [0.2, 0.25) is 0 Å². The molecule has 0 N–H and O–H groups in total. The molecule has 10 aromatic rings. The first-order valence-electron chi connectivity index (χ1n) is 25.6. The lowest BCUT2D eigenvalue weighted by Gasteiger charge is -2.50. The molecule has 0 saturated heterocycles. The average Bonchev–Trinajstić information content (AvgIpc) is 3.83. The molecule has 5 heteroatoms. The smallest absolute Gasteiger partial charge is 0.314 e. The van der Waals surface area contributed by atoms with Crippen molar-refractivity contribution in [1.82, 2.24) is 0 Å². The van der Waals surface area contributed by atoms with E-state index in [0.29, 0.717) is 0 Å². The molecule has 10 aromatic carbocycles. The lowest BCUT2D eigenvalue weighted by atomic mass is 9.93. The lowest BCUT2D eigenvalue weighted by Crippen LogP contribution is -2.76.